The van der Waals surface area contributed by atoms with Gasteiger partial charge in [0.1, 0.15) is 5.75 Å². The Morgan fingerprint density at radius 3 is 2.59 bits per heavy atom. The SMILES string of the molecule is Cc1ccc(-n2c(=O)c(CCO)c(O)c3cccnc32)cc1. The molecule has 0 bridgehead atoms. The number of pyridine rings is 2. The number of aliphatic hydroxyl groups excluding tert-OH is 1. The molecule has 2 heterocycles. The van der Waals surface area contributed by atoms with Gasteiger partial charge in [0.25, 0.3) is 5.56 Å². The Kier molecular flexibility index (Phi) is 3.65. The Balaban J connectivity index is 2.42. The van der Waals surface area contributed by atoms with Gasteiger partial charge in [-0.2, -0.15) is 0 Å². The summed E-state index contributed by atoms with van der Waals surface area (Å²) in [5.41, 5.74) is 2.00. The summed E-state index contributed by atoms with van der Waals surface area (Å²) in [5.74, 6) is -0.106. The van der Waals surface area contributed by atoms with E-state index < -0.39 is 0 Å². The van der Waals surface area contributed by atoms with E-state index in [0.29, 0.717) is 16.7 Å². The van der Waals surface area contributed by atoms with Crippen LogP contribution in [0.5, 0.6) is 5.75 Å². The van der Waals surface area contributed by atoms with Crippen LogP contribution in [-0.4, -0.2) is 26.4 Å². The zero-order chi connectivity index (χ0) is 15.7. The van der Waals surface area contributed by atoms with E-state index in [4.69, 9.17) is 5.11 Å². The fourth-order valence-corrected chi connectivity index (χ4v) is 2.53. The van der Waals surface area contributed by atoms with E-state index >= 15 is 0 Å². The van der Waals surface area contributed by atoms with Gasteiger partial charge in [-0.05, 0) is 31.2 Å². The number of benzene rings is 1. The molecule has 2 aromatic heterocycles. The number of aliphatic hydroxyl groups is 1. The van der Waals surface area contributed by atoms with Gasteiger partial charge in [-0.25, -0.2) is 4.98 Å². The third-order valence-corrected chi connectivity index (χ3v) is 3.65. The van der Waals surface area contributed by atoms with Crippen LogP contribution in [0.3, 0.4) is 0 Å². The normalized spacial score (nSPS) is 11.0. The van der Waals surface area contributed by atoms with Crippen molar-refractivity contribution in [3.05, 3.63) is 64.1 Å². The average molecular weight is 296 g/mol. The maximum absolute atomic E-state index is 12.7. The summed E-state index contributed by atoms with van der Waals surface area (Å²) in [4.78, 5) is 17.0. The molecule has 0 spiro atoms. The Labute approximate surface area is 127 Å². The number of hydrogen-bond acceptors (Lipinski definition) is 4. The van der Waals surface area contributed by atoms with Crippen molar-refractivity contribution in [3.63, 3.8) is 0 Å². The summed E-state index contributed by atoms with van der Waals surface area (Å²) >= 11 is 0. The number of rotatable bonds is 3. The summed E-state index contributed by atoms with van der Waals surface area (Å²) < 4.78 is 1.47. The van der Waals surface area contributed by atoms with Gasteiger partial charge in [-0.15, -0.1) is 0 Å². The molecular weight excluding hydrogens is 280 g/mol. The van der Waals surface area contributed by atoms with E-state index in [1.807, 2.05) is 31.2 Å². The lowest BCUT2D eigenvalue weighted by molar-refractivity contribution is 0.297. The van der Waals surface area contributed by atoms with Crippen LogP contribution in [0.2, 0.25) is 0 Å². The van der Waals surface area contributed by atoms with Crippen LogP contribution in [0.15, 0.2) is 47.4 Å². The standard InChI is InChI=1S/C17H16N2O3/c1-11-4-6-12(7-5-11)19-16-13(3-2-9-18-16)15(21)14(8-10-20)17(19)22/h2-7,9,20-21H,8,10H2,1H3. The van der Waals surface area contributed by atoms with Crippen molar-refractivity contribution >= 4 is 11.0 Å². The first-order valence-corrected chi connectivity index (χ1v) is 7.03. The van der Waals surface area contributed by atoms with E-state index in [2.05, 4.69) is 4.98 Å². The Bertz CT molecular complexity index is 883. The third-order valence-electron chi connectivity index (χ3n) is 3.65. The van der Waals surface area contributed by atoms with Gasteiger partial charge in [0, 0.05) is 19.2 Å². The highest BCUT2D eigenvalue weighted by molar-refractivity contribution is 5.84. The van der Waals surface area contributed by atoms with Gasteiger partial charge in [0.15, 0.2) is 5.65 Å². The minimum Gasteiger partial charge on any atom is -0.507 e. The third kappa shape index (κ3) is 2.25. The minimum absolute atomic E-state index is 0.0986. The zero-order valence-electron chi connectivity index (χ0n) is 12.2. The number of hydrogen-bond donors (Lipinski definition) is 2. The second-order valence-corrected chi connectivity index (χ2v) is 5.15. The smallest absolute Gasteiger partial charge is 0.263 e. The van der Waals surface area contributed by atoms with E-state index in [9.17, 15) is 9.90 Å². The van der Waals surface area contributed by atoms with Crippen LogP contribution in [-0.2, 0) is 6.42 Å². The average Bonchev–Trinajstić information content (AvgIpc) is 2.53. The second-order valence-electron chi connectivity index (χ2n) is 5.15. The van der Waals surface area contributed by atoms with Crippen molar-refractivity contribution in [3.8, 4) is 11.4 Å². The molecule has 0 radical (unpaired) electrons. The number of aryl methyl sites for hydroxylation is 1. The maximum Gasteiger partial charge on any atom is 0.263 e. The van der Waals surface area contributed by atoms with E-state index in [-0.39, 0.29) is 29.9 Å². The van der Waals surface area contributed by atoms with Crippen molar-refractivity contribution in [2.24, 2.45) is 0 Å². The predicted octanol–water partition coefficient (Wildman–Crippen LogP) is 1.93. The lowest BCUT2D eigenvalue weighted by Crippen LogP contribution is -2.24. The Hall–Kier alpha value is -2.66. The van der Waals surface area contributed by atoms with E-state index in [0.717, 1.165) is 5.56 Å². The molecule has 0 unspecified atom stereocenters. The second kappa shape index (κ2) is 5.61. The monoisotopic (exact) mass is 296 g/mol. The molecule has 0 fully saturated rings. The molecular formula is C17H16N2O3. The van der Waals surface area contributed by atoms with Crippen LogP contribution < -0.4 is 5.56 Å². The van der Waals surface area contributed by atoms with E-state index in [1.54, 1.807) is 18.3 Å². The van der Waals surface area contributed by atoms with Gasteiger partial charge in [-0.3, -0.25) is 9.36 Å². The van der Waals surface area contributed by atoms with Crippen molar-refractivity contribution in [1.82, 2.24) is 9.55 Å². The molecule has 0 saturated heterocycles. The highest BCUT2D eigenvalue weighted by Crippen LogP contribution is 2.26. The molecule has 0 amide bonds. The van der Waals surface area contributed by atoms with Crippen LogP contribution in [0, 0.1) is 6.92 Å². The first-order valence-electron chi connectivity index (χ1n) is 7.03. The predicted molar refractivity (Wildman–Crippen MR) is 84.5 cm³/mol. The molecule has 22 heavy (non-hydrogen) atoms. The Morgan fingerprint density at radius 2 is 1.91 bits per heavy atom. The van der Waals surface area contributed by atoms with Gasteiger partial charge >= 0.3 is 0 Å². The molecule has 0 saturated carbocycles. The van der Waals surface area contributed by atoms with Crippen LogP contribution in [0.1, 0.15) is 11.1 Å². The van der Waals surface area contributed by atoms with Crippen molar-refractivity contribution in [1.29, 1.82) is 0 Å². The van der Waals surface area contributed by atoms with Gasteiger partial charge < -0.3 is 10.2 Å². The largest absolute Gasteiger partial charge is 0.507 e. The van der Waals surface area contributed by atoms with Crippen LogP contribution in [0.25, 0.3) is 16.7 Å². The molecule has 0 aliphatic carbocycles. The van der Waals surface area contributed by atoms with Gasteiger partial charge in [-0.1, -0.05) is 17.7 Å². The molecule has 2 N–H and O–H groups in total. The number of nitrogens with zero attached hydrogens (tertiary/aromatic N) is 2. The molecule has 3 rings (SSSR count). The molecule has 5 nitrogen and oxygen atoms in total. The molecule has 5 heteroatoms. The molecule has 0 aliphatic heterocycles. The van der Waals surface area contributed by atoms with Gasteiger partial charge in [0.2, 0.25) is 0 Å². The molecule has 112 valence electrons. The summed E-state index contributed by atoms with van der Waals surface area (Å²) in [6.07, 6.45) is 1.68. The number of aromatic nitrogens is 2. The van der Waals surface area contributed by atoms with E-state index in [1.165, 1.54) is 4.57 Å². The van der Waals surface area contributed by atoms with Crippen LogP contribution in [0.4, 0.5) is 0 Å². The summed E-state index contributed by atoms with van der Waals surface area (Å²) in [7, 11) is 0. The minimum atomic E-state index is -0.360. The Morgan fingerprint density at radius 1 is 1.18 bits per heavy atom. The fraction of sp³-hybridized carbons (Fsp3) is 0.176. The molecule has 0 atom stereocenters. The maximum atomic E-state index is 12.7. The molecule has 0 aliphatic rings. The van der Waals surface area contributed by atoms with Crippen molar-refractivity contribution < 1.29 is 10.2 Å². The lowest BCUT2D eigenvalue weighted by Gasteiger charge is -2.14. The summed E-state index contributed by atoms with van der Waals surface area (Å²) in [6, 6.07) is 10.9. The molecule has 3 aromatic rings. The fourth-order valence-electron chi connectivity index (χ4n) is 2.53. The topological polar surface area (TPSA) is 75.4 Å². The highest BCUT2D eigenvalue weighted by atomic mass is 16.3. The number of aromatic hydroxyl groups is 1. The molecule has 1 aromatic carbocycles. The summed E-state index contributed by atoms with van der Waals surface area (Å²) in [6.45, 7) is 1.76. The van der Waals surface area contributed by atoms with Crippen molar-refractivity contribution in [2.75, 3.05) is 6.61 Å². The van der Waals surface area contributed by atoms with Crippen LogP contribution >= 0.6 is 0 Å². The van der Waals surface area contributed by atoms with Crippen molar-refractivity contribution in [2.45, 2.75) is 13.3 Å². The first kappa shape index (κ1) is 14.3. The van der Waals surface area contributed by atoms with Gasteiger partial charge in [0.05, 0.1) is 16.6 Å². The highest BCUT2D eigenvalue weighted by Gasteiger charge is 2.17. The number of fused-ring (bicyclic) bond motifs is 1. The lowest BCUT2D eigenvalue weighted by atomic mass is 10.1. The summed E-state index contributed by atoms with van der Waals surface area (Å²) in [5, 5.41) is 20.0. The quantitative estimate of drug-likeness (QED) is 0.774. The zero-order valence-corrected chi connectivity index (χ0v) is 12.2. The first-order chi connectivity index (χ1) is 10.6.